The summed E-state index contributed by atoms with van der Waals surface area (Å²) >= 11 is 7.20. The van der Waals surface area contributed by atoms with Gasteiger partial charge in [-0.25, -0.2) is 13.4 Å². The Morgan fingerprint density at radius 1 is 1.35 bits per heavy atom. The average molecular weight is 330 g/mol. The molecule has 0 unspecified atom stereocenters. The zero-order chi connectivity index (χ0) is 14.3. The Morgan fingerprint density at radius 2 is 2.15 bits per heavy atom. The fourth-order valence-electron chi connectivity index (χ4n) is 2.14. The average Bonchev–Trinajstić information content (AvgIpc) is 2.92. The first-order chi connectivity index (χ1) is 9.45. The zero-order valence-corrected chi connectivity index (χ0v) is 12.8. The van der Waals surface area contributed by atoms with Crippen molar-refractivity contribution in [3.8, 4) is 0 Å². The number of rotatable bonds is 3. The molecule has 3 N–H and O–H groups in total. The van der Waals surface area contributed by atoms with E-state index in [4.69, 9.17) is 17.3 Å². The van der Waals surface area contributed by atoms with Crippen LogP contribution in [0.1, 0.15) is 17.0 Å². The fraction of sp³-hybridized carbons (Fsp3) is 0.250. The quantitative estimate of drug-likeness (QED) is 0.848. The van der Waals surface area contributed by atoms with Crippen LogP contribution < -0.4 is 10.5 Å². The molecule has 1 aliphatic carbocycles. The number of nitrogens with two attached hydrogens (primary N) is 1. The maximum Gasteiger partial charge on any atom is 0.265 e. The molecule has 2 aromatic rings. The van der Waals surface area contributed by atoms with E-state index in [2.05, 4.69) is 9.71 Å². The molecule has 0 saturated carbocycles. The molecule has 5 nitrogen and oxygen atoms in total. The van der Waals surface area contributed by atoms with Gasteiger partial charge in [-0.05, 0) is 37.5 Å². The van der Waals surface area contributed by atoms with Gasteiger partial charge >= 0.3 is 0 Å². The van der Waals surface area contributed by atoms with E-state index in [0.29, 0.717) is 10.2 Å². The Bertz CT molecular complexity index is 750. The van der Waals surface area contributed by atoms with Crippen LogP contribution in [0, 0.1) is 0 Å². The van der Waals surface area contributed by atoms with Gasteiger partial charge in [0.15, 0.2) is 5.13 Å². The van der Waals surface area contributed by atoms with Crippen molar-refractivity contribution >= 4 is 43.8 Å². The largest absolute Gasteiger partial charge is 0.398 e. The molecular formula is C12H12ClN3O2S2. The molecule has 0 amide bonds. The second kappa shape index (κ2) is 4.91. The summed E-state index contributed by atoms with van der Waals surface area (Å²) in [6, 6.07) is 4.35. The molecular weight excluding hydrogens is 318 g/mol. The molecule has 3 rings (SSSR count). The second-order valence-electron chi connectivity index (χ2n) is 4.53. The predicted octanol–water partition coefficient (Wildman–Crippen LogP) is 2.67. The first-order valence-electron chi connectivity index (χ1n) is 6.02. The van der Waals surface area contributed by atoms with Crippen LogP contribution in [-0.4, -0.2) is 13.4 Å². The van der Waals surface area contributed by atoms with Crippen LogP contribution in [0.3, 0.4) is 0 Å². The van der Waals surface area contributed by atoms with E-state index >= 15 is 0 Å². The normalized spacial score (nSPS) is 14.2. The van der Waals surface area contributed by atoms with Gasteiger partial charge < -0.3 is 5.73 Å². The minimum Gasteiger partial charge on any atom is -0.398 e. The predicted molar refractivity (Wildman–Crippen MR) is 80.8 cm³/mol. The Morgan fingerprint density at radius 3 is 2.90 bits per heavy atom. The Hall–Kier alpha value is -1.31. The van der Waals surface area contributed by atoms with Gasteiger partial charge in [0.05, 0.1) is 11.4 Å². The highest BCUT2D eigenvalue weighted by molar-refractivity contribution is 7.93. The molecule has 1 aliphatic rings. The third-order valence-corrected chi connectivity index (χ3v) is 5.91. The first kappa shape index (κ1) is 13.7. The topological polar surface area (TPSA) is 85.1 Å². The standard InChI is InChI=1S/C12H12ClN3O2S2/c13-7-4-5-8(14)11(6-7)20(17,18)16-12-15-9-2-1-3-10(9)19-12/h4-6H,1-3,14H2,(H,15,16). The van der Waals surface area contributed by atoms with Crippen molar-refractivity contribution in [2.75, 3.05) is 10.5 Å². The van der Waals surface area contributed by atoms with E-state index in [1.54, 1.807) is 6.07 Å². The zero-order valence-electron chi connectivity index (χ0n) is 10.4. The van der Waals surface area contributed by atoms with Crippen molar-refractivity contribution in [1.82, 2.24) is 4.98 Å². The van der Waals surface area contributed by atoms with E-state index in [-0.39, 0.29) is 10.6 Å². The van der Waals surface area contributed by atoms with E-state index in [1.807, 2.05) is 0 Å². The number of benzene rings is 1. The van der Waals surface area contributed by atoms with Crippen molar-refractivity contribution in [3.05, 3.63) is 33.8 Å². The number of nitrogens with one attached hydrogen (secondary N) is 1. The van der Waals surface area contributed by atoms with Gasteiger partial charge in [-0.2, -0.15) is 0 Å². The number of aromatic nitrogens is 1. The highest BCUT2D eigenvalue weighted by Crippen LogP contribution is 2.32. The van der Waals surface area contributed by atoms with Crippen molar-refractivity contribution in [3.63, 3.8) is 0 Å². The van der Waals surface area contributed by atoms with Gasteiger partial charge in [-0.1, -0.05) is 11.6 Å². The van der Waals surface area contributed by atoms with Crippen LogP contribution in [0.5, 0.6) is 0 Å². The lowest BCUT2D eigenvalue weighted by molar-refractivity contribution is 0.601. The molecule has 0 bridgehead atoms. The lowest BCUT2D eigenvalue weighted by Crippen LogP contribution is -2.14. The molecule has 0 saturated heterocycles. The molecule has 0 fully saturated rings. The summed E-state index contributed by atoms with van der Waals surface area (Å²) in [5.41, 5.74) is 6.86. The number of hydrogen-bond acceptors (Lipinski definition) is 5. The minimum atomic E-state index is -3.77. The van der Waals surface area contributed by atoms with Crippen LogP contribution in [0.4, 0.5) is 10.8 Å². The summed E-state index contributed by atoms with van der Waals surface area (Å²) in [6.07, 6.45) is 2.96. The van der Waals surface area contributed by atoms with Crippen molar-refractivity contribution in [1.29, 1.82) is 0 Å². The maximum atomic E-state index is 12.3. The first-order valence-corrected chi connectivity index (χ1v) is 8.70. The van der Waals surface area contributed by atoms with Crippen LogP contribution >= 0.6 is 22.9 Å². The smallest absolute Gasteiger partial charge is 0.265 e. The van der Waals surface area contributed by atoms with E-state index in [1.165, 1.54) is 23.5 Å². The third-order valence-electron chi connectivity index (χ3n) is 3.08. The summed E-state index contributed by atoms with van der Waals surface area (Å²) in [6.45, 7) is 0. The molecule has 20 heavy (non-hydrogen) atoms. The Labute approximate surface area is 125 Å². The molecule has 0 aliphatic heterocycles. The Balaban J connectivity index is 1.93. The maximum absolute atomic E-state index is 12.3. The monoisotopic (exact) mass is 329 g/mol. The number of sulfonamides is 1. The SMILES string of the molecule is Nc1ccc(Cl)cc1S(=O)(=O)Nc1nc2c(s1)CCC2. The second-order valence-corrected chi connectivity index (χ2v) is 7.70. The third kappa shape index (κ3) is 2.48. The molecule has 8 heteroatoms. The molecule has 1 aromatic heterocycles. The lowest BCUT2D eigenvalue weighted by Gasteiger charge is -2.08. The fourth-order valence-corrected chi connectivity index (χ4v) is 4.82. The van der Waals surface area contributed by atoms with Gasteiger partial charge in [0, 0.05) is 9.90 Å². The van der Waals surface area contributed by atoms with Gasteiger partial charge in [0.2, 0.25) is 0 Å². The number of thiazole rings is 1. The summed E-state index contributed by atoms with van der Waals surface area (Å²) < 4.78 is 27.1. The van der Waals surface area contributed by atoms with Crippen molar-refractivity contribution in [2.24, 2.45) is 0 Å². The minimum absolute atomic E-state index is 0.0274. The van der Waals surface area contributed by atoms with E-state index in [9.17, 15) is 8.42 Å². The lowest BCUT2D eigenvalue weighted by atomic mass is 10.3. The summed E-state index contributed by atoms with van der Waals surface area (Å²) in [5, 5.41) is 0.704. The van der Waals surface area contributed by atoms with Crippen LogP contribution in [-0.2, 0) is 22.9 Å². The van der Waals surface area contributed by atoms with Crippen molar-refractivity contribution in [2.45, 2.75) is 24.2 Å². The molecule has 0 atom stereocenters. The summed E-state index contributed by atoms with van der Waals surface area (Å²) in [7, 11) is -3.77. The van der Waals surface area contributed by atoms with E-state index < -0.39 is 10.0 Å². The van der Waals surface area contributed by atoms with E-state index in [0.717, 1.165) is 29.8 Å². The molecule has 0 radical (unpaired) electrons. The Kier molecular flexibility index (Phi) is 3.35. The van der Waals surface area contributed by atoms with Gasteiger partial charge in [0.1, 0.15) is 4.90 Å². The summed E-state index contributed by atoms with van der Waals surface area (Å²) in [4.78, 5) is 5.43. The van der Waals surface area contributed by atoms with Gasteiger partial charge in [-0.3, -0.25) is 4.72 Å². The van der Waals surface area contributed by atoms with Crippen molar-refractivity contribution < 1.29 is 8.42 Å². The summed E-state index contributed by atoms with van der Waals surface area (Å²) in [5.74, 6) is 0. The molecule has 1 heterocycles. The number of nitrogen functional groups attached to an aromatic ring is 1. The van der Waals surface area contributed by atoms with Crippen LogP contribution in [0.25, 0.3) is 0 Å². The highest BCUT2D eigenvalue weighted by Gasteiger charge is 2.22. The van der Waals surface area contributed by atoms with Crippen LogP contribution in [0.2, 0.25) is 5.02 Å². The number of anilines is 2. The molecule has 0 spiro atoms. The number of aryl methyl sites for hydroxylation is 2. The van der Waals surface area contributed by atoms with Crippen LogP contribution in [0.15, 0.2) is 23.1 Å². The number of nitrogens with zero attached hydrogens (tertiary/aromatic N) is 1. The number of hydrogen-bond donors (Lipinski definition) is 2. The molecule has 1 aromatic carbocycles. The van der Waals surface area contributed by atoms with Gasteiger partial charge in [0.25, 0.3) is 10.0 Å². The highest BCUT2D eigenvalue weighted by atomic mass is 35.5. The molecule has 106 valence electrons. The van der Waals surface area contributed by atoms with Gasteiger partial charge in [-0.15, -0.1) is 11.3 Å². The number of fused-ring (bicyclic) bond motifs is 1. The number of halogens is 1.